The smallest absolute Gasteiger partial charge is 0.147 e. The van der Waals surface area contributed by atoms with Crippen LogP contribution in [0, 0.1) is 0 Å². The average Bonchev–Trinajstić information content (AvgIpc) is 2.67. The Labute approximate surface area is 82.9 Å². The van der Waals surface area contributed by atoms with Crippen LogP contribution in [0.4, 0.5) is 11.6 Å². The fourth-order valence-corrected chi connectivity index (χ4v) is 1.62. The van der Waals surface area contributed by atoms with Crippen molar-refractivity contribution in [2.75, 3.05) is 30.8 Å². The summed E-state index contributed by atoms with van der Waals surface area (Å²) in [5.74, 6) is 1.33. The molecule has 0 aromatic carbocycles. The summed E-state index contributed by atoms with van der Waals surface area (Å²) in [6.45, 7) is 1.85. The maximum atomic E-state index is 5.46. The monoisotopic (exact) mass is 194 g/mol. The van der Waals surface area contributed by atoms with Gasteiger partial charge in [0.15, 0.2) is 0 Å². The van der Waals surface area contributed by atoms with Gasteiger partial charge in [-0.1, -0.05) is 0 Å². The van der Waals surface area contributed by atoms with Crippen molar-refractivity contribution < 1.29 is 4.74 Å². The Hall–Kier alpha value is -1.36. The Balaban J connectivity index is 2.06. The van der Waals surface area contributed by atoms with E-state index >= 15 is 0 Å². The zero-order valence-corrected chi connectivity index (χ0v) is 8.18. The number of rotatable bonds is 2. The summed E-state index contributed by atoms with van der Waals surface area (Å²) < 4.78 is 5.27. The fourth-order valence-electron chi connectivity index (χ4n) is 1.62. The molecule has 0 bridgehead atoms. The highest BCUT2D eigenvalue weighted by Gasteiger charge is 2.22. The maximum Gasteiger partial charge on any atom is 0.147 e. The molecule has 0 amide bonds. The van der Waals surface area contributed by atoms with Gasteiger partial charge in [-0.05, 0) is 6.42 Å². The zero-order chi connectivity index (χ0) is 9.97. The van der Waals surface area contributed by atoms with Gasteiger partial charge in [-0.25, -0.2) is 9.97 Å². The lowest BCUT2D eigenvalue weighted by molar-refractivity contribution is 0.121. The lowest BCUT2D eigenvalue weighted by Crippen LogP contribution is -2.23. The molecule has 1 saturated heterocycles. The quantitative estimate of drug-likeness (QED) is 0.732. The third kappa shape index (κ3) is 1.77. The van der Waals surface area contributed by atoms with Gasteiger partial charge in [-0.15, -0.1) is 0 Å². The van der Waals surface area contributed by atoms with Gasteiger partial charge in [-0.3, -0.25) is 0 Å². The molecule has 0 spiro atoms. The highest BCUT2D eigenvalue weighted by molar-refractivity contribution is 5.40. The van der Waals surface area contributed by atoms with Crippen molar-refractivity contribution in [2.24, 2.45) is 0 Å². The first-order chi connectivity index (χ1) is 6.79. The first-order valence-electron chi connectivity index (χ1n) is 4.65. The van der Waals surface area contributed by atoms with E-state index in [0.29, 0.717) is 11.9 Å². The van der Waals surface area contributed by atoms with Crippen molar-refractivity contribution in [1.82, 2.24) is 9.97 Å². The van der Waals surface area contributed by atoms with E-state index in [1.165, 1.54) is 0 Å². The number of hydrogen-bond donors (Lipinski definition) is 1. The van der Waals surface area contributed by atoms with Crippen LogP contribution in [0.15, 0.2) is 12.4 Å². The second-order valence-electron chi connectivity index (χ2n) is 3.39. The van der Waals surface area contributed by atoms with Gasteiger partial charge in [0.25, 0.3) is 0 Å². The molecule has 5 heteroatoms. The number of nitrogens with two attached hydrogens (primary N) is 1. The molecule has 1 unspecified atom stereocenters. The van der Waals surface area contributed by atoms with E-state index in [0.717, 1.165) is 25.3 Å². The SMILES string of the molecule is COC1CCN(c2cnc(N)cn2)C1. The molecule has 1 aliphatic rings. The minimum atomic E-state index is 0.314. The van der Waals surface area contributed by atoms with Gasteiger partial charge < -0.3 is 15.4 Å². The van der Waals surface area contributed by atoms with Gasteiger partial charge >= 0.3 is 0 Å². The van der Waals surface area contributed by atoms with Crippen molar-refractivity contribution in [3.8, 4) is 0 Å². The van der Waals surface area contributed by atoms with E-state index in [2.05, 4.69) is 14.9 Å². The summed E-state index contributed by atoms with van der Waals surface area (Å²) in [6, 6.07) is 0. The molecule has 5 nitrogen and oxygen atoms in total. The number of hydrogen-bond acceptors (Lipinski definition) is 5. The predicted molar refractivity (Wildman–Crippen MR) is 54.1 cm³/mol. The van der Waals surface area contributed by atoms with Gasteiger partial charge in [0.2, 0.25) is 0 Å². The van der Waals surface area contributed by atoms with E-state index < -0.39 is 0 Å². The highest BCUT2D eigenvalue weighted by Crippen LogP contribution is 2.18. The summed E-state index contributed by atoms with van der Waals surface area (Å²) in [6.07, 6.45) is 4.64. The molecule has 0 saturated carbocycles. The van der Waals surface area contributed by atoms with Crippen LogP contribution in [0.2, 0.25) is 0 Å². The molecule has 1 fully saturated rings. The molecule has 14 heavy (non-hydrogen) atoms. The summed E-state index contributed by atoms with van der Waals surface area (Å²) in [5.41, 5.74) is 5.46. The molecule has 1 aromatic rings. The largest absolute Gasteiger partial charge is 0.382 e. The van der Waals surface area contributed by atoms with Crippen LogP contribution in [0.25, 0.3) is 0 Å². The first-order valence-corrected chi connectivity index (χ1v) is 4.65. The fraction of sp³-hybridized carbons (Fsp3) is 0.556. The molecule has 76 valence electrons. The minimum absolute atomic E-state index is 0.314. The van der Waals surface area contributed by atoms with Crippen molar-refractivity contribution >= 4 is 11.6 Å². The third-order valence-electron chi connectivity index (χ3n) is 2.46. The van der Waals surface area contributed by atoms with E-state index in [1.54, 1.807) is 19.5 Å². The van der Waals surface area contributed by atoms with Crippen molar-refractivity contribution in [3.63, 3.8) is 0 Å². The van der Waals surface area contributed by atoms with Gasteiger partial charge in [0.05, 0.1) is 18.5 Å². The molecule has 0 aliphatic carbocycles. The Bertz CT molecular complexity index is 300. The predicted octanol–water partition coefficient (Wildman–Crippen LogP) is 0.284. The minimum Gasteiger partial charge on any atom is -0.382 e. The molecule has 2 N–H and O–H groups in total. The second-order valence-corrected chi connectivity index (χ2v) is 3.39. The molecule has 2 heterocycles. The van der Waals surface area contributed by atoms with Crippen LogP contribution in [-0.4, -0.2) is 36.3 Å². The van der Waals surface area contributed by atoms with Crippen LogP contribution >= 0.6 is 0 Å². The van der Waals surface area contributed by atoms with Crippen LogP contribution in [0.3, 0.4) is 0 Å². The number of aromatic nitrogens is 2. The van der Waals surface area contributed by atoms with Gasteiger partial charge in [-0.2, -0.15) is 0 Å². The molecule has 2 rings (SSSR count). The third-order valence-corrected chi connectivity index (χ3v) is 2.46. The number of nitrogens with zero attached hydrogens (tertiary/aromatic N) is 3. The maximum absolute atomic E-state index is 5.46. The standard InChI is InChI=1S/C9H14N4O/c1-14-7-2-3-13(6-7)9-5-11-8(10)4-12-9/h4-5,7H,2-3,6H2,1H3,(H2,10,11). The number of ether oxygens (including phenoxy) is 1. The Morgan fingerprint density at radius 1 is 1.50 bits per heavy atom. The van der Waals surface area contributed by atoms with Crippen molar-refractivity contribution in [2.45, 2.75) is 12.5 Å². The normalized spacial score (nSPS) is 21.5. The number of methoxy groups -OCH3 is 1. The Morgan fingerprint density at radius 3 is 2.93 bits per heavy atom. The summed E-state index contributed by atoms with van der Waals surface area (Å²) in [7, 11) is 1.74. The van der Waals surface area contributed by atoms with Gasteiger partial charge in [0, 0.05) is 20.2 Å². The second kappa shape index (κ2) is 3.79. The molecule has 1 aromatic heterocycles. The molecular formula is C9H14N4O. The lowest BCUT2D eigenvalue weighted by atomic mass is 10.3. The average molecular weight is 194 g/mol. The van der Waals surface area contributed by atoms with Crippen LogP contribution < -0.4 is 10.6 Å². The first kappa shape index (κ1) is 9.21. The van der Waals surface area contributed by atoms with Crippen molar-refractivity contribution in [1.29, 1.82) is 0 Å². The van der Waals surface area contributed by atoms with Crippen LogP contribution in [0.5, 0.6) is 0 Å². The van der Waals surface area contributed by atoms with Crippen LogP contribution in [-0.2, 0) is 4.74 Å². The topological polar surface area (TPSA) is 64.3 Å². The highest BCUT2D eigenvalue weighted by atomic mass is 16.5. The Morgan fingerprint density at radius 2 is 2.36 bits per heavy atom. The van der Waals surface area contributed by atoms with E-state index in [1.807, 2.05) is 0 Å². The zero-order valence-electron chi connectivity index (χ0n) is 8.18. The van der Waals surface area contributed by atoms with E-state index in [4.69, 9.17) is 10.5 Å². The molecule has 1 aliphatic heterocycles. The summed E-state index contributed by atoms with van der Waals surface area (Å²) >= 11 is 0. The van der Waals surface area contributed by atoms with Crippen molar-refractivity contribution in [3.05, 3.63) is 12.4 Å². The van der Waals surface area contributed by atoms with Gasteiger partial charge in [0.1, 0.15) is 11.6 Å². The molecule has 1 atom stereocenters. The summed E-state index contributed by atoms with van der Waals surface area (Å²) in [5, 5.41) is 0. The van der Waals surface area contributed by atoms with Crippen LogP contribution in [0.1, 0.15) is 6.42 Å². The molecular weight excluding hydrogens is 180 g/mol. The Kier molecular flexibility index (Phi) is 2.49. The van der Waals surface area contributed by atoms with E-state index in [-0.39, 0.29) is 0 Å². The molecule has 0 radical (unpaired) electrons. The summed E-state index contributed by atoms with van der Waals surface area (Å²) in [4.78, 5) is 10.4. The lowest BCUT2D eigenvalue weighted by Gasteiger charge is -2.16. The number of anilines is 2. The van der Waals surface area contributed by atoms with E-state index in [9.17, 15) is 0 Å². The number of nitrogen functional groups attached to an aromatic ring is 1.